The van der Waals surface area contributed by atoms with E-state index in [0.29, 0.717) is 41.5 Å². The van der Waals surface area contributed by atoms with E-state index in [1.807, 2.05) is 144 Å². The molecule has 13 aromatic rings. The Morgan fingerprint density at radius 3 is 1.60 bits per heavy atom. The average molecular weight is 1070 g/mol. The molecule has 0 N–H and O–H groups in total. The molecule has 9 aromatic carbocycles. The van der Waals surface area contributed by atoms with Crippen molar-refractivity contribution in [3.8, 4) is 40.5 Å². The van der Waals surface area contributed by atoms with Gasteiger partial charge in [-0.2, -0.15) is 20.2 Å². The third-order valence-electron chi connectivity index (χ3n) is 14.5. The lowest BCUT2D eigenvalue weighted by Crippen LogP contribution is -2.13. The summed E-state index contributed by atoms with van der Waals surface area (Å²) in [6, 6.07) is 69.8. The Balaban J connectivity index is 1.10. The predicted molar refractivity (Wildman–Crippen MR) is 328 cm³/mol. The van der Waals surface area contributed by atoms with Crippen molar-refractivity contribution in [3.05, 3.63) is 260 Å². The van der Waals surface area contributed by atoms with Crippen molar-refractivity contribution in [2.45, 2.75) is 9.79 Å². The smallest absolute Gasteiger partial charge is 0.238 e. The van der Waals surface area contributed by atoms with E-state index in [2.05, 4.69) is 82.5 Å². The molecule has 0 unspecified atom stereocenters. The maximum atomic E-state index is 14.1. The molecule has 0 amide bonds. The van der Waals surface area contributed by atoms with Gasteiger partial charge in [-0.25, -0.2) is 18.4 Å². The predicted octanol–water partition coefficient (Wildman–Crippen LogP) is 14.9. The molecule has 12 nitrogen and oxygen atoms in total. The second-order valence-electron chi connectivity index (χ2n) is 19.2. The highest BCUT2D eigenvalue weighted by molar-refractivity contribution is 7.91. The summed E-state index contributed by atoms with van der Waals surface area (Å²) in [7, 11) is -3.94. The van der Waals surface area contributed by atoms with Crippen molar-refractivity contribution < 1.29 is 8.42 Å². The molecule has 4 heterocycles. The van der Waals surface area contributed by atoms with E-state index >= 15 is 0 Å². The van der Waals surface area contributed by atoms with Crippen molar-refractivity contribution in [3.63, 3.8) is 0 Å². The number of nitrogens with zero attached hydrogens (tertiary/aromatic N) is 10. The molecule has 4 aromatic heterocycles. The summed E-state index contributed by atoms with van der Waals surface area (Å²) in [5, 5.41) is 15.0. The molecular weight excluding hydrogens is 1020 g/mol. The molecule has 0 saturated heterocycles. The van der Waals surface area contributed by atoms with Gasteiger partial charge in [-0.3, -0.25) is 14.1 Å². The second kappa shape index (κ2) is 20.5. The summed E-state index contributed by atoms with van der Waals surface area (Å²) in [5.41, 5.74) is 9.65. The maximum Gasteiger partial charge on any atom is 0.238 e. The van der Waals surface area contributed by atoms with Gasteiger partial charge in [0.15, 0.2) is 17.5 Å². The van der Waals surface area contributed by atoms with Crippen LogP contribution in [-0.4, -0.2) is 62.1 Å². The normalized spacial score (nSPS) is 12.5. The maximum absolute atomic E-state index is 14.1. The quantitative estimate of drug-likeness (QED) is 0.0715. The molecule has 0 aliphatic heterocycles. The van der Waals surface area contributed by atoms with Crippen LogP contribution in [-0.2, 0) is 9.84 Å². The molecule has 0 aliphatic rings. The largest absolute Gasteiger partial charge is 0.309 e. The first kappa shape index (κ1) is 49.6. The number of benzene rings is 9. The van der Waals surface area contributed by atoms with Gasteiger partial charge in [0.2, 0.25) is 21.7 Å². The highest BCUT2D eigenvalue weighted by Gasteiger charge is 2.25. The fourth-order valence-electron chi connectivity index (χ4n) is 10.7. The number of para-hydroxylation sites is 2. The van der Waals surface area contributed by atoms with Crippen LogP contribution in [0.4, 0.5) is 0 Å². The molecule has 0 bridgehead atoms. The zero-order valence-electron chi connectivity index (χ0n) is 43.5. The van der Waals surface area contributed by atoms with E-state index in [1.54, 1.807) is 24.3 Å². The average Bonchev–Trinajstić information content (AvgIpc) is 3.86. The highest BCUT2D eigenvalue weighted by Crippen LogP contribution is 2.43. The number of allylic oxidation sites excluding steroid dienone is 2. The molecule has 0 aliphatic carbocycles. The Hall–Kier alpha value is -10.9. The van der Waals surface area contributed by atoms with E-state index in [4.69, 9.17) is 24.9 Å². The standard InChI is InChI=1S/C68H46N10O2S/c1-4-19-44(5-2)43-71-64(46-20-9-6-10-21-46)73-67(70-3)77-58-28-17-15-26-52(58)54-38-60-56(40-62(54)77)57-41-63-55(39-61(57)76(60)49-32-36-51(37-33-49)81(79,80)50-34-30-45(42-69)31-35-50)53-27-16-18-29-59(53)78(63)68-74-65(47-22-11-7-12-23-47)72-66(75-68)48-24-13-8-14-25-48/h4-41H,1-3,43H2/b44-19+,71-64?,73-67?. The van der Waals surface area contributed by atoms with Gasteiger partial charge >= 0.3 is 0 Å². The van der Waals surface area contributed by atoms with E-state index in [9.17, 15) is 13.7 Å². The number of rotatable bonds is 11. The first-order valence-corrected chi connectivity index (χ1v) is 27.5. The molecule has 0 fully saturated rings. The van der Waals surface area contributed by atoms with Gasteiger partial charge in [-0.1, -0.05) is 159 Å². The number of aliphatic imine (C=N–C) groups is 3. The fourth-order valence-corrected chi connectivity index (χ4v) is 12.0. The molecule has 81 heavy (non-hydrogen) atoms. The zero-order valence-corrected chi connectivity index (χ0v) is 44.3. The lowest BCUT2D eigenvalue weighted by Gasteiger charge is -2.11. The number of hydrogen-bond donors (Lipinski definition) is 0. The van der Waals surface area contributed by atoms with Crippen LogP contribution in [0.1, 0.15) is 11.1 Å². The van der Waals surface area contributed by atoms with Crippen molar-refractivity contribution in [1.82, 2.24) is 28.7 Å². The first-order chi connectivity index (χ1) is 39.7. The Bertz CT molecular complexity index is 4900. The minimum Gasteiger partial charge on any atom is -0.309 e. The van der Waals surface area contributed by atoms with Crippen LogP contribution in [0, 0.1) is 11.3 Å². The first-order valence-electron chi connectivity index (χ1n) is 26.0. The van der Waals surface area contributed by atoms with Crippen molar-refractivity contribution in [1.29, 1.82) is 5.26 Å². The van der Waals surface area contributed by atoms with Crippen LogP contribution in [0.25, 0.3) is 99.8 Å². The summed E-state index contributed by atoms with van der Waals surface area (Å²) in [4.78, 5) is 30.6. The molecule has 0 saturated carbocycles. The van der Waals surface area contributed by atoms with Crippen LogP contribution in [0.15, 0.2) is 274 Å². The van der Waals surface area contributed by atoms with Crippen LogP contribution in [0.3, 0.4) is 0 Å². The lowest BCUT2D eigenvalue weighted by atomic mass is 10.1. The minimum atomic E-state index is -3.94. The van der Waals surface area contributed by atoms with Gasteiger partial charge in [0.1, 0.15) is 0 Å². The number of amidine groups is 1. The molecule has 0 atom stereocenters. The van der Waals surface area contributed by atoms with E-state index in [1.165, 1.54) is 24.3 Å². The van der Waals surface area contributed by atoms with Gasteiger partial charge in [-0.05, 0) is 97.2 Å². The molecule has 13 heteroatoms. The number of aromatic nitrogens is 6. The third kappa shape index (κ3) is 8.69. The van der Waals surface area contributed by atoms with Crippen molar-refractivity contribution in [2.75, 3.05) is 6.54 Å². The van der Waals surface area contributed by atoms with E-state index < -0.39 is 9.84 Å². The van der Waals surface area contributed by atoms with Gasteiger partial charge < -0.3 is 4.57 Å². The van der Waals surface area contributed by atoms with Crippen molar-refractivity contribution >= 4 is 93.8 Å². The van der Waals surface area contributed by atoms with Gasteiger partial charge in [-0.15, -0.1) is 0 Å². The SMILES string of the molecule is C=C/C=C(\C=C)CN=C(N=C(N=C)n1c2ccccc2c2cc3c(cc21)c1cc2c(cc1n3-c1ccc(S(=O)(=O)c3ccc(C#N)cc3)cc1)c1ccccc1n2-c1nc(-c2ccccc2)nc(-c2ccccc2)n1)c1ccccc1. The Kier molecular flexibility index (Phi) is 12.5. The number of fused-ring (bicyclic) bond motifs is 9. The summed E-state index contributed by atoms with van der Waals surface area (Å²) in [5.74, 6) is 2.30. The number of nitriles is 1. The van der Waals surface area contributed by atoms with E-state index in [-0.39, 0.29) is 9.79 Å². The Morgan fingerprint density at radius 1 is 0.543 bits per heavy atom. The molecule has 386 valence electrons. The van der Waals surface area contributed by atoms with Gasteiger partial charge in [0.05, 0.1) is 61.1 Å². The summed E-state index contributed by atoms with van der Waals surface area (Å²) >= 11 is 0. The second-order valence-corrected chi connectivity index (χ2v) is 21.2. The molecule has 13 rings (SSSR count). The van der Waals surface area contributed by atoms with Gasteiger partial charge in [0.25, 0.3) is 0 Å². The lowest BCUT2D eigenvalue weighted by molar-refractivity contribution is 0.596. The van der Waals surface area contributed by atoms with Crippen molar-refractivity contribution in [2.24, 2.45) is 15.0 Å². The Labute approximate surface area is 465 Å². The molecular formula is C68H46N10O2S. The number of hydrogen-bond acceptors (Lipinski definition) is 7. The Morgan fingerprint density at radius 2 is 1.04 bits per heavy atom. The zero-order chi connectivity index (χ0) is 55.2. The van der Waals surface area contributed by atoms with Crippen LogP contribution < -0.4 is 0 Å². The highest BCUT2D eigenvalue weighted by atomic mass is 32.2. The van der Waals surface area contributed by atoms with Crippen LogP contribution in [0.5, 0.6) is 0 Å². The number of sulfone groups is 1. The molecule has 0 radical (unpaired) electrons. The topological polar surface area (TPSA) is 148 Å². The molecule has 0 spiro atoms. The summed E-state index contributed by atoms with van der Waals surface area (Å²) in [6.45, 7) is 12.3. The van der Waals surface area contributed by atoms with Gasteiger partial charge in [0, 0.05) is 54.7 Å². The summed E-state index contributed by atoms with van der Waals surface area (Å²) in [6.07, 6.45) is 5.34. The minimum absolute atomic E-state index is 0.0961. The van der Waals surface area contributed by atoms with Crippen LogP contribution in [0.2, 0.25) is 0 Å². The summed E-state index contributed by atoms with van der Waals surface area (Å²) < 4.78 is 34.6. The third-order valence-corrected chi connectivity index (χ3v) is 16.3. The van der Waals surface area contributed by atoms with E-state index in [0.717, 1.165) is 93.4 Å². The van der Waals surface area contributed by atoms with Crippen LogP contribution >= 0.6 is 0 Å². The fraction of sp³-hybridized carbons (Fsp3) is 0.0147. The monoisotopic (exact) mass is 1070 g/mol.